The van der Waals surface area contributed by atoms with Crippen LogP contribution in [0.4, 0.5) is 0 Å². The highest BCUT2D eigenvalue weighted by atomic mass is 35.5. The third kappa shape index (κ3) is 8.64. The minimum Gasteiger partial charge on any atom is -0.481 e. The lowest BCUT2D eigenvalue weighted by atomic mass is 9.92. The molecule has 2 saturated carbocycles. The fourth-order valence-corrected chi connectivity index (χ4v) is 6.62. The minimum absolute atomic E-state index is 0.269. The maximum Gasteiger partial charge on any atom is 0.236 e. The van der Waals surface area contributed by atoms with Crippen molar-refractivity contribution in [1.82, 2.24) is 15.3 Å². The molecule has 0 bridgehead atoms. The number of aryl methyl sites for hydroxylation is 1. The molecule has 3 N–H and O–H groups in total. The average molecular weight is 723 g/mol. The fraction of sp³-hybridized carbons (Fsp3) is 0.436. The van der Waals surface area contributed by atoms with Gasteiger partial charge in [-0.05, 0) is 104 Å². The summed E-state index contributed by atoms with van der Waals surface area (Å²) in [5.41, 5.74) is 6.94. The number of pyridine rings is 2. The summed E-state index contributed by atoms with van der Waals surface area (Å²) in [6, 6.07) is 16.0. The van der Waals surface area contributed by atoms with E-state index >= 15 is 0 Å². The third-order valence-electron chi connectivity index (χ3n) is 9.78. The van der Waals surface area contributed by atoms with Gasteiger partial charge in [-0.3, -0.25) is 0 Å². The quantitative estimate of drug-likeness (QED) is 0.101. The molecule has 9 nitrogen and oxygen atoms in total. The van der Waals surface area contributed by atoms with Gasteiger partial charge >= 0.3 is 0 Å². The van der Waals surface area contributed by atoms with E-state index in [1.807, 2.05) is 30.3 Å². The van der Waals surface area contributed by atoms with Crippen molar-refractivity contribution in [3.05, 3.63) is 92.0 Å². The lowest BCUT2D eigenvalue weighted by molar-refractivity contribution is 0.137. The number of ether oxygens (including phenoxy) is 4. The number of hydrogen-bond acceptors (Lipinski definition) is 9. The monoisotopic (exact) mass is 721 g/mol. The Bertz CT molecular complexity index is 1710. The zero-order chi connectivity index (χ0) is 35.5. The Balaban J connectivity index is 1.12. The van der Waals surface area contributed by atoms with E-state index in [0.29, 0.717) is 46.7 Å². The molecule has 0 unspecified atom stereocenters. The van der Waals surface area contributed by atoms with Crippen LogP contribution in [-0.2, 0) is 26.2 Å². The predicted molar refractivity (Wildman–Crippen MR) is 195 cm³/mol. The van der Waals surface area contributed by atoms with Gasteiger partial charge in [-0.15, -0.1) is 0 Å². The number of benzene rings is 2. The molecule has 2 aliphatic carbocycles. The van der Waals surface area contributed by atoms with E-state index in [1.54, 1.807) is 20.3 Å². The van der Waals surface area contributed by atoms with Crippen LogP contribution in [-0.4, -0.2) is 52.1 Å². The number of halogens is 2. The molecule has 2 fully saturated rings. The summed E-state index contributed by atoms with van der Waals surface area (Å²) in [5.74, 6) is 1.52. The van der Waals surface area contributed by atoms with E-state index in [1.165, 1.54) is 0 Å². The van der Waals surface area contributed by atoms with E-state index in [4.69, 9.17) is 42.1 Å². The molecular weight excluding hydrogens is 677 g/mol. The Morgan fingerprint density at radius 2 is 1.20 bits per heavy atom. The van der Waals surface area contributed by atoms with Gasteiger partial charge in [-0.2, -0.15) is 9.97 Å². The van der Waals surface area contributed by atoms with Crippen molar-refractivity contribution < 1.29 is 29.2 Å². The molecule has 6 rings (SSSR count). The van der Waals surface area contributed by atoms with E-state index in [0.717, 1.165) is 89.5 Å². The van der Waals surface area contributed by atoms with E-state index < -0.39 is 11.2 Å². The number of nitrogens with one attached hydrogen (secondary N) is 1. The Labute approximate surface area is 303 Å². The molecule has 0 saturated heterocycles. The number of aliphatic hydroxyl groups is 2. The van der Waals surface area contributed by atoms with Crippen molar-refractivity contribution in [1.29, 1.82) is 0 Å². The molecule has 50 heavy (non-hydrogen) atoms. The Kier molecular flexibility index (Phi) is 11.1. The molecule has 0 amide bonds. The Morgan fingerprint density at radius 1 is 0.700 bits per heavy atom. The van der Waals surface area contributed by atoms with Gasteiger partial charge in [0.25, 0.3) is 0 Å². The molecular formula is C39H45Cl2N3O6. The minimum atomic E-state index is -0.595. The van der Waals surface area contributed by atoms with Gasteiger partial charge in [-0.25, -0.2) is 0 Å². The molecule has 2 aromatic carbocycles. The average Bonchev–Trinajstić information content (AvgIpc) is 4.03. The van der Waals surface area contributed by atoms with Gasteiger partial charge in [-0.1, -0.05) is 59.6 Å². The van der Waals surface area contributed by atoms with Crippen LogP contribution in [0.25, 0.3) is 11.1 Å². The van der Waals surface area contributed by atoms with Crippen LogP contribution in [0.5, 0.6) is 23.5 Å². The maximum absolute atomic E-state index is 10.2. The highest BCUT2D eigenvalue weighted by Gasteiger charge is 2.40. The van der Waals surface area contributed by atoms with E-state index in [9.17, 15) is 10.2 Å². The summed E-state index contributed by atoms with van der Waals surface area (Å²) in [7, 11) is 3.16. The zero-order valence-corrected chi connectivity index (χ0v) is 30.6. The van der Waals surface area contributed by atoms with Crippen molar-refractivity contribution in [2.75, 3.05) is 20.8 Å². The number of nitrogens with zero attached hydrogens (tertiary/aromatic N) is 2. The first kappa shape index (κ1) is 36.2. The summed E-state index contributed by atoms with van der Waals surface area (Å²) in [6.07, 6.45) is 5.70. The molecule has 0 radical (unpaired) electrons. The molecule has 266 valence electrons. The first-order valence-electron chi connectivity index (χ1n) is 17.1. The van der Waals surface area contributed by atoms with Gasteiger partial charge in [0.1, 0.15) is 23.3 Å². The summed E-state index contributed by atoms with van der Waals surface area (Å²) in [4.78, 5) is 9.12. The SMILES string of the molecule is COc1nc(OCc2cccc(-c3cccc(COc4nc(OC)c(CNCC5(O)CC5)cc4Cl)c3C)c2C)c(Cl)cc1CCCC1(O)CC1. The van der Waals surface area contributed by atoms with Crippen molar-refractivity contribution in [3.63, 3.8) is 0 Å². The van der Waals surface area contributed by atoms with Crippen LogP contribution in [0.1, 0.15) is 71.9 Å². The van der Waals surface area contributed by atoms with Crippen LogP contribution in [0.2, 0.25) is 10.0 Å². The molecule has 0 aliphatic heterocycles. The summed E-state index contributed by atoms with van der Waals surface area (Å²) >= 11 is 13.2. The highest BCUT2D eigenvalue weighted by molar-refractivity contribution is 6.32. The second-order valence-corrected chi connectivity index (χ2v) is 14.4. The van der Waals surface area contributed by atoms with Crippen molar-refractivity contribution in [3.8, 4) is 34.6 Å². The predicted octanol–water partition coefficient (Wildman–Crippen LogP) is 7.70. The van der Waals surface area contributed by atoms with Crippen molar-refractivity contribution in [2.24, 2.45) is 0 Å². The smallest absolute Gasteiger partial charge is 0.236 e. The lowest BCUT2D eigenvalue weighted by Crippen LogP contribution is -2.27. The van der Waals surface area contributed by atoms with Crippen LogP contribution in [0.3, 0.4) is 0 Å². The summed E-state index contributed by atoms with van der Waals surface area (Å²) in [5, 5.41) is 24.4. The second kappa shape index (κ2) is 15.3. The third-order valence-corrected chi connectivity index (χ3v) is 10.3. The number of rotatable bonds is 17. The summed E-state index contributed by atoms with van der Waals surface area (Å²) in [6.45, 7) is 5.70. The Morgan fingerprint density at radius 3 is 1.70 bits per heavy atom. The molecule has 0 atom stereocenters. The van der Waals surface area contributed by atoms with Crippen LogP contribution < -0.4 is 24.3 Å². The molecule has 2 aromatic heterocycles. The number of hydrogen-bond donors (Lipinski definition) is 3. The molecule has 11 heteroatoms. The first-order valence-corrected chi connectivity index (χ1v) is 17.8. The normalized spacial score (nSPS) is 15.4. The lowest BCUT2D eigenvalue weighted by Gasteiger charge is -2.18. The van der Waals surface area contributed by atoms with Gasteiger partial charge in [0.05, 0.1) is 25.4 Å². The second-order valence-electron chi connectivity index (χ2n) is 13.6. The summed E-state index contributed by atoms with van der Waals surface area (Å²) < 4.78 is 23.4. The van der Waals surface area contributed by atoms with Gasteiger partial charge in [0.15, 0.2) is 0 Å². The van der Waals surface area contributed by atoms with Crippen molar-refractivity contribution in [2.45, 2.75) is 89.8 Å². The standard InChI is InChI=1S/C39H45Cl2N3O6/c1-24-27(21-49-36-32(40)18-26(34(43-36)47-3)10-7-13-38(45)14-15-38)8-5-11-30(24)31-12-6-9-28(25(31)2)22-50-37-33(41)19-29(35(44-37)48-4)20-42-23-39(46)16-17-39/h5-6,8-9,11-12,18-19,42,45-46H,7,10,13-17,20-23H2,1-4H3. The van der Waals surface area contributed by atoms with Crippen molar-refractivity contribution >= 4 is 23.2 Å². The molecule has 2 aliphatic rings. The van der Waals surface area contributed by atoms with Crippen LogP contribution in [0, 0.1) is 13.8 Å². The van der Waals surface area contributed by atoms with Gasteiger partial charge in [0, 0.05) is 24.2 Å². The Hall–Kier alpha value is -3.60. The van der Waals surface area contributed by atoms with Gasteiger partial charge < -0.3 is 34.5 Å². The zero-order valence-electron chi connectivity index (χ0n) is 29.1. The van der Waals surface area contributed by atoms with Crippen LogP contribution >= 0.6 is 23.2 Å². The van der Waals surface area contributed by atoms with Crippen LogP contribution in [0.15, 0.2) is 48.5 Å². The largest absolute Gasteiger partial charge is 0.481 e. The van der Waals surface area contributed by atoms with E-state index in [2.05, 4.69) is 41.3 Å². The van der Waals surface area contributed by atoms with E-state index in [-0.39, 0.29) is 13.2 Å². The molecule has 0 spiro atoms. The fourth-order valence-electron chi connectivity index (χ4n) is 6.16. The topological polar surface area (TPSA) is 115 Å². The molecule has 2 heterocycles. The molecule has 4 aromatic rings. The number of aromatic nitrogens is 2. The van der Waals surface area contributed by atoms with Gasteiger partial charge in [0.2, 0.25) is 23.5 Å². The highest BCUT2D eigenvalue weighted by Crippen LogP contribution is 2.40. The maximum atomic E-state index is 10.2. The number of methoxy groups -OCH3 is 2. The first-order chi connectivity index (χ1) is 24.0.